The highest BCUT2D eigenvalue weighted by atomic mass is 35.5. The Labute approximate surface area is 223 Å². The molecule has 2 aromatic carbocycles. The summed E-state index contributed by atoms with van der Waals surface area (Å²) in [6, 6.07) is 18.1. The highest BCUT2D eigenvalue weighted by molar-refractivity contribution is 7.10. The normalized spacial score (nSPS) is 11.9. The van der Waals surface area contributed by atoms with Crippen molar-refractivity contribution in [2.75, 3.05) is 18.4 Å². The largest absolute Gasteiger partial charge is 0.487 e. The SMILES string of the molecule is N#CCCN(CC#CN1C=C(Nc2ccc(OCc3cccc(F)c3)c(Cl)c2)c2ccsc2C1)C(N)=O. The molecular weight excluding hydrogens is 513 g/mol. The molecule has 0 bridgehead atoms. The molecule has 3 N–H and O–H groups in total. The fourth-order valence-corrected chi connectivity index (χ4v) is 4.75. The Morgan fingerprint density at radius 3 is 2.92 bits per heavy atom. The van der Waals surface area contributed by atoms with Crippen molar-refractivity contribution in [1.82, 2.24) is 9.80 Å². The number of nitriles is 1. The third-order valence-corrected chi connectivity index (χ3v) is 6.63. The predicted molar refractivity (Wildman–Crippen MR) is 143 cm³/mol. The Morgan fingerprint density at radius 2 is 2.16 bits per heavy atom. The summed E-state index contributed by atoms with van der Waals surface area (Å²) in [6.07, 6.45) is 2.09. The van der Waals surface area contributed by atoms with Gasteiger partial charge in [-0.3, -0.25) is 0 Å². The van der Waals surface area contributed by atoms with Gasteiger partial charge < -0.3 is 25.6 Å². The smallest absolute Gasteiger partial charge is 0.315 e. The van der Waals surface area contributed by atoms with E-state index in [-0.39, 0.29) is 31.9 Å². The van der Waals surface area contributed by atoms with Crippen LogP contribution < -0.4 is 15.8 Å². The van der Waals surface area contributed by atoms with Crippen LogP contribution in [0.2, 0.25) is 5.02 Å². The van der Waals surface area contributed by atoms with Crippen molar-refractivity contribution in [2.24, 2.45) is 5.73 Å². The Hall–Kier alpha value is -4.18. The van der Waals surface area contributed by atoms with Crippen LogP contribution in [0.5, 0.6) is 5.75 Å². The topological polar surface area (TPSA) is 94.6 Å². The van der Waals surface area contributed by atoms with Gasteiger partial charge in [0.2, 0.25) is 0 Å². The molecule has 0 saturated heterocycles. The number of fused-ring (bicyclic) bond motifs is 1. The van der Waals surface area contributed by atoms with Gasteiger partial charge in [-0.1, -0.05) is 29.7 Å². The van der Waals surface area contributed by atoms with Gasteiger partial charge in [-0.15, -0.1) is 11.3 Å². The molecule has 3 aromatic rings. The van der Waals surface area contributed by atoms with E-state index >= 15 is 0 Å². The number of benzene rings is 2. The maximum absolute atomic E-state index is 13.4. The molecule has 1 aliphatic rings. The summed E-state index contributed by atoms with van der Waals surface area (Å²) in [4.78, 5) is 15.9. The lowest BCUT2D eigenvalue weighted by Crippen LogP contribution is -2.36. The number of hydrogen-bond donors (Lipinski definition) is 2. The third-order valence-electron chi connectivity index (χ3n) is 5.43. The molecule has 188 valence electrons. The number of carbonyl (C=O) groups excluding carboxylic acids is 1. The molecule has 0 atom stereocenters. The number of anilines is 1. The molecule has 0 spiro atoms. The number of primary amides is 1. The lowest BCUT2D eigenvalue weighted by Gasteiger charge is -2.23. The summed E-state index contributed by atoms with van der Waals surface area (Å²) in [7, 11) is 0. The van der Waals surface area contributed by atoms with Crippen molar-refractivity contribution in [3.63, 3.8) is 0 Å². The van der Waals surface area contributed by atoms with Gasteiger partial charge in [0.05, 0.1) is 36.3 Å². The highest BCUT2D eigenvalue weighted by Crippen LogP contribution is 2.34. The van der Waals surface area contributed by atoms with Crippen molar-refractivity contribution < 1.29 is 13.9 Å². The maximum atomic E-state index is 13.4. The van der Waals surface area contributed by atoms with E-state index in [1.54, 1.807) is 35.6 Å². The molecule has 1 aliphatic heterocycles. The van der Waals surface area contributed by atoms with Crippen LogP contribution in [0.1, 0.15) is 22.4 Å². The summed E-state index contributed by atoms with van der Waals surface area (Å²) in [6.45, 7) is 1.17. The maximum Gasteiger partial charge on any atom is 0.315 e. The standard InChI is InChI=1S/C27H23ClFN5O2S/c28-23-15-21(6-7-25(23)36-18-19-4-1-5-20(29)14-19)32-24-16-33(17-26-22(24)8-13-37-26)10-3-12-34(27(31)35)11-2-9-30/h1,4-8,13-16,32H,2,11-12,17-18H2,(H2,31,35). The average molecular weight is 536 g/mol. The quantitative estimate of drug-likeness (QED) is 0.366. The minimum atomic E-state index is -0.609. The lowest BCUT2D eigenvalue weighted by molar-refractivity contribution is 0.215. The van der Waals surface area contributed by atoms with Gasteiger partial charge in [0.15, 0.2) is 0 Å². The predicted octanol–water partition coefficient (Wildman–Crippen LogP) is 5.60. The molecular formula is C27H23ClFN5O2S. The zero-order chi connectivity index (χ0) is 26.2. The summed E-state index contributed by atoms with van der Waals surface area (Å²) >= 11 is 8.09. The molecule has 1 aromatic heterocycles. The minimum Gasteiger partial charge on any atom is -0.487 e. The van der Waals surface area contributed by atoms with Crippen LogP contribution in [0.15, 0.2) is 60.1 Å². The first-order valence-corrected chi connectivity index (χ1v) is 12.6. The number of thiophene rings is 1. The second-order valence-corrected chi connectivity index (χ2v) is 9.48. The first kappa shape index (κ1) is 25.9. The Kier molecular flexibility index (Phi) is 8.52. The number of nitrogens with two attached hydrogens (primary N) is 1. The van der Waals surface area contributed by atoms with Crippen molar-refractivity contribution >= 4 is 40.4 Å². The Bertz CT molecular complexity index is 1420. The van der Waals surface area contributed by atoms with Crippen LogP contribution >= 0.6 is 22.9 Å². The third kappa shape index (κ3) is 6.95. The molecule has 10 heteroatoms. The van der Waals surface area contributed by atoms with Gasteiger partial charge in [0.25, 0.3) is 0 Å². The second-order valence-electron chi connectivity index (χ2n) is 8.07. The van der Waals surface area contributed by atoms with Gasteiger partial charge in [-0.05, 0) is 47.3 Å². The molecule has 0 aliphatic carbocycles. The van der Waals surface area contributed by atoms with E-state index in [0.717, 1.165) is 21.8 Å². The number of urea groups is 1. The Balaban J connectivity index is 1.45. The molecule has 0 radical (unpaired) electrons. The van der Waals surface area contributed by atoms with E-state index in [1.165, 1.54) is 17.0 Å². The Morgan fingerprint density at radius 1 is 1.30 bits per heavy atom. The fraction of sp³-hybridized carbons (Fsp3) is 0.185. The van der Waals surface area contributed by atoms with E-state index in [9.17, 15) is 9.18 Å². The summed E-state index contributed by atoms with van der Waals surface area (Å²) in [5.41, 5.74) is 8.76. The van der Waals surface area contributed by atoms with Crippen molar-refractivity contribution in [2.45, 2.75) is 19.6 Å². The van der Waals surface area contributed by atoms with E-state index in [4.69, 9.17) is 27.3 Å². The number of nitrogens with zero attached hydrogens (tertiary/aromatic N) is 3. The summed E-state index contributed by atoms with van der Waals surface area (Å²) < 4.78 is 19.2. The number of hydrogen-bond acceptors (Lipinski definition) is 6. The van der Waals surface area contributed by atoms with Gasteiger partial charge >= 0.3 is 6.03 Å². The number of rotatable bonds is 8. The van der Waals surface area contributed by atoms with Crippen LogP contribution in [0.25, 0.3) is 5.70 Å². The van der Waals surface area contributed by atoms with Crippen molar-refractivity contribution in [1.29, 1.82) is 5.26 Å². The molecule has 2 heterocycles. The first-order valence-electron chi connectivity index (χ1n) is 11.3. The number of carbonyl (C=O) groups is 1. The number of amides is 2. The van der Waals surface area contributed by atoms with E-state index < -0.39 is 6.03 Å². The van der Waals surface area contributed by atoms with E-state index in [1.807, 2.05) is 34.7 Å². The minimum absolute atomic E-state index is 0.133. The molecule has 37 heavy (non-hydrogen) atoms. The molecule has 0 unspecified atom stereocenters. The van der Waals surface area contributed by atoms with Crippen molar-refractivity contribution in [3.05, 3.63) is 87.0 Å². The van der Waals surface area contributed by atoms with Gasteiger partial charge in [0.1, 0.15) is 18.2 Å². The molecule has 0 fully saturated rings. The average Bonchev–Trinajstić information content (AvgIpc) is 3.34. The van der Waals surface area contributed by atoms with E-state index in [2.05, 4.69) is 17.3 Å². The van der Waals surface area contributed by atoms with Crippen LogP contribution in [-0.4, -0.2) is 28.9 Å². The number of ether oxygens (including phenoxy) is 1. The van der Waals surface area contributed by atoms with Crippen LogP contribution in [0.3, 0.4) is 0 Å². The van der Waals surface area contributed by atoms with Gasteiger partial charge in [-0.25, -0.2) is 9.18 Å². The van der Waals surface area contributed by atoms with Crippen molar-refractivity contribution in [3.8, 4) is 23.8 Å². The van der Waals surface area contributed by atoms with E-state index in [0.29, 0.717) is 22.9 Å². The number of nitrogens with one attached hydrogen (secondary N) is 1. The first-order chi connectivity index (χ1) is 17.9. The molecule has 0 saturated carbocycles. The number of halogens is 2. The second kappa shape index (κ2) is 12.2. The van der Waals surface area contributed by atoms with Crippen LogP contribution in [0.4, 0.5) is 14.9 Å². The summed E-state index contributed by atoms with van der Waals surface area (Å²) in [5, 5.41) is 14.6. The lowest BCUT2D eigenvalue weighted by atomic mass is 10.1. The summed E-state index contributed by atoms with van der Waals surface area (Å²) in [5.74, 6) is 3.14. The monoisotopic (exact) mass is 535 g/mol. The van der Waals surface area contributed by atoms with Gasteiger partial charge in [-0.2, -0.15) is 5.26 Å². The highest BCUT2D eigenvalue weighted by Gasteiger charge is 2.18. The van der Waals surface area contributed by atoms with Crippen LogP contribution in [-0.2, 0) is 13.2 Å². The zero-order valence-electron chi connectivity index (χ0n) is 19.7. The van der Waals surface area contributed by atoms with Gasteiger partial charge in [0, 0.05) is 34.9 Å². The zero-order valence-corrected chi connectivity index (χ0v) is 21.3. The fourth-order valence-electron chi connectivity index (χ4n) is 3.62. The van der Waals surface area contributed by atoms with Crippen LogP contribution in [0, 0.1) is 29.1 Å². The molecule has 4 rings (SSSR count). The molecule has 7 nitrogen and oxygen atoms in total. The molecule has 2 amide bonds.